The molecule has 3 amide bonds. The van der Waals surface area contributed by atoms with Crippen LogP contribution in [0.2, 0.25) is 0 Å². The molecule has 0 bridgehead atoms. The van der Waals surface area contributed by atoms with Crippen molar-refractivity contribution in [3.05, 3.63) is 102 Å². The molecule has 0 saturated heterocycles. The molecule has 3 rings (SSSR count). The van der Waals surface area contributed by atoms with Crippen molar-refractivity contribution in [1.29, 1.82) is 0 Å². The fourth-order valence-electron chi connectivity index (χ4n) is 4.31. The van der Waals surface area contributed by atoms with Gasteiger partial charge in [0.05, 0.1) is 6.42 Å². The quantitative estimate of drug-likeness (QED) is 0.151. The molecule has 0 heterocycles. The molecule has 0 spiro atoms. The molecule has 0 fully saturated rings. The van der Waals surface area contributed by atoms with Gasteiger partial charge < -0.3 is 25.4 Å². The Bertz CT molecular complexity index is 1340. The zero-order valence-electron chi connectivity index (χ0n) is 25.8. The predicted octanol–water partition coefficient (Wildman–Crippen LogP) is 5.72. The lowest BCUT2D eigenvalue weighted by Gasteiger charge is -2.19. The number of alkyl carbamates (subject to hydrolysis) is 1. The standard InChI is InChI=1S/C35H43N3O6/c1-35(2,3)44-34(42)36-22-12-6-11-17-31(39)38-30(23-26-13-7-4-8-14-26)33(41)37-29-20-18-27(19-21-29)24-32(40)43-25-28-15-9-5-10-16-28/h4-5,7-10,13-16,18-21,30H,6,11-12,17,22-25H2,1-3H3,(H,36,42)(H,37,41)(H,38,39)/t30-/m0/s1. The van der Waals surface area contributed by atoms with Gasteiger partial charge in [-0.1, -0.05) is 79.2 Å². The van der Waals surface area contributed by atoms with Crippen LogP contribution in [0.5, 0.6) is 0 Å². The molecule has 0 saturated carbocycles. The first-order valence-electron chi connectivity index (χ1n) is 15.0. The minimum absolute atomic E-state index is 0.116. The lowest BCUT2D eigenvalue weighted by molar-refractivity contribution is -0.144. The summed E-state index contributed by atoms with van der Waals surface area (Å²) in [6, 6.07) is 25.2. The van der Waals surface area contributed by atoms with Crippen LogP contribution in [0.1, 0.15) is 63.1 Å². The summed E-state index contributed by atoms with van der Waals surface area (Å²) >= 11 is 0. The Morgan fingerprint density at radius 2 is 1.39 bits per heavy atom. The van der Waals surface area contributed by atoms with Gasteiger partial charge in [0.25, 0.3) is 0 Å². The molecule has 0 aliphatic carbocycles. The van der Waals surface area contributed by atoms with Gasteiger partial charge in [0, 0.05) is 25.1 Å². The lowest BCUT2D eigenvalue weighted by atomic mass is 10.0. The highest BCUT2D eigenvalue weighted by Crippen LogP contribution is 2.14. The summed E-state index contributed by atoms with van der Waals surface area (Å²) < 4.78 is 10.6. The van der Waals surface area contributed by atoms with Crippen LogP contribution in [-0.2, 0) is 43.3 Å². The van der Waals surface area contributed by atoms with Crippen molar-refractivity contribution < 1.29 is 28.7 Å². The average molecular weight is 602 g/mol. The Balaban J connectivity index is 1.46. The van der Waals surface area contributed by atoms with Gasteiger partial charge in [-0.2, -0.15) is 0 Å². The molecule has 1 atom stereocenters. The second kappa shape index (κ2) is 17.5. The lowest BCUT2D eigenvalue weighted by Crippen LogP contribution is -2.45. The largest absolute Gasteiger partial charge is 0.461 e. The van der Waals surface area contributed by atoms with E-state index in [1.807, 2.05) is 60.7 Å². The van der Waals surface area contributed by atoms with Gasteiger partial charge in [-0.25, -0.2) is 4.79 Å². The normalized spacial score (nSPS) is 11.6. The number of amides is 3. The van der Waals surface area contributed by atoms with Crippen LogP contribution in [0.4, 0.5) is 10.5 Å². The molecule has 9 heteroatoms. The van der Waals surface area contributed by atoms with Crippen LogP contribution in [-0.4, -0.2) is 42.1 Å². The maximum atomic E-state index is 13.3. The van der Waals surface area contributed by atoms with Gasteiger partial charge in [0.2, 0.25) is 11.8 Å². The number of hydrogen-bond donors (Lipinski definition) is 3. The molecule has 3 N–H and O–H groups in total. The third kappa shape index (κ3) is 13.5. The number of nitrogens with one attached hydrogen (secondary N) is 3. The van der Waals surface area contributed by atoms with Crippen LogP contribution in [0.15, 0.2) is 84.9 Å². The third-order valence-corrected chi connectivity index (χ3v) is 6.50. The minimum atomic E-state index is -0.772. The van der Waals surface area contributed by atoms with Crippen molar-refractivity contribution >= 4 is 29.6 Å². The van der Waals surface area contributed by atoms with E-state index in [0.29, 0.717) is 31.5 Å². The Morgan fingerprint density at radius 1 is 0.750 bits per heavy atom. The van der Waals surface area contributed by atoms with Crippen molar-refractivity contribution in [2.45, 2.75) is 77.5 Å². The highest BCUT2D eigenvalue weighted by Gasteiger charge is 2.22. The summed E-state index contributed by atoms with van der Waals surface area (Å²) in [4.78, 5) is 50.0. The molecule has 9 nitrogen and oxygen atoms in total. The topological polar surface area (TPSA) is 123 Å². The van der Waals surface area contributed by atoms with Crippen molar-refractivity contribution in [3.8, 4) is 0 Å². The molecular weight excluding hydrogens is 558 g/mol. The summed E-state index contributed by atoms with van der Waals surface area (Å²) in [5.41, 5.74) is 2.61. The number of benzene rings is 3. The third-order valence-electron chi connectivity index (χ3n) is 6.50. The fraction of sp³-hybridized carbons (Fsp3) is 0.371. The number of carbonyl (C=O) groups excluding carboxylic acids is 4. The van der Waals surface area contributed by atoms with Crippen LogP contribution in [0.3, 0.4) is 0 Å². The Hall–Kier alpha value is -4.66. The maximum absolute atomic E-state index is 13.3. The van der Waals surface area contributed by atoms with Gasteiger partial charge >= 0.3 is 12.1 Å². The Labute approximate surface area is 259 Å². The molecule has 0 radical (unpaired) electrons. The molecule has 44 heavy (non-hydrogen) atoms. The number of rotatable bonds is 15. The van der Waals surface area contributed by atoms with Gasteiger partial charge in [-0.15, -0.1) is 0 Å². The van der Waals surface area contributed by atoms with Crippen molar-refractivity contribution in [2.24, 2.45) is 0 Å². The van der Waals surface area contributed by atoms with E-state index in [1.54, 1.807) is 45.0 Å². The van der Waals surface area contributed by atoms with E-state index in [4.69, 9.17) is 9.47 Å². The van der Waals surface area contributed by atoms with Gasteiger partial charge in [0.1, 0.15) is 18.2 Å². The molecule has 0 aromatic heterocycles. The number of ether oxygens (including phenoxy) is 2. The van der Waals surface area contributed by atoms with Gasteiger partial charge in [-0.3, -0.25) is 14.4 Å². The summed E-state index contributed by atoms with van der Waals surface area (Å²) in [6.07, 6.45) is 2.33. The first kappa shape index (κ1) is 33.8. The van der Waals surface area contributed by atoms with E-state index >= 15 is 0 Å². The number of hydrogen-bond acceptors (Lipinski definition) is 6. The molecule has 0 aliphatic heterocycles. The second-order valence-electron chi connectivity index (χ2n) is 11.6. The summed E-state index contributed by atoms with van der Waals surface area (Å²) in [6.45, 7) is 6.10. The van der Waals surface area contributed by atoms with Crippen molar-refractivity contribution in [1.82, 2.24) is 10.6 Å². The maximum Gasteiger partial charge on any atom is 0.407 e. The molecule has 0 unspecified atom stereocenters. The highest BCUT2D eigenvalue weighted by molar-refractivity contribution is 5.97. The van der Waals surface area contributed by atoms with E-state index in [1.165, 1.54) is 0 Å². The van der Waals surface area contributed by atoms with Crippen LogP contribution in [0, 0.1) is 0 Å². The molecule has 3 aromatic carbocycles. The zero-order chi connectivity index (χ0) is 31.8. The Morgan fingerprint density at radius 3 is 2.02 bits per heavy atom. The van der Waals surface area contributed by atoms with Crippen LogP contribution in [0.25, 0.3) is 0 Å². The summed E-state index contributed by atoms with van der Waals surface area (Å²) in [5, 5.41) is 8.48. The molecule has 3 aromatic rings. The summed E-state index contributed by atoms with van der Waals surface area (Å²) in [7, 11) is 0. The van der Waals surface area contributed by atoms with Gasteiger partial charge in [-0.05, 0) is 62.4 Å². The van der Waals surface area contributed by atoms with Gasteiger partial charge in [0.15, 0.2) is 0 Å². The van der Waals surface area contributed by atoms with Crippen LogP contribution >= 0.6 is 0 Å². The molecule has 234 valence electrons. The first-order valence-corrected chi connectivity index (χ1v) is 15.0. The van der Waals surface area contributed by atoms with E-state index in [0.717, 1.165) is 23.1 Å². The van der Waals surface area contributed by atoms with Crippen molar-refractivity contribution in [2.75, 3.05) is 11.9 Å². The number of unbranched alkanes of at least 4 members (excludes halogenated alkanes) is 2. The highest BCUT2D eigenvalue weighted by atomic mass is 16.6. The fourth-order valence-corrected chi connectivity index (χ4v) is 4.31. The van der Waals surface area contributed by atoms with E-state index in [-0.39, 0.29) is 37.2 Å². The smallest absolute Gasteiger partial charge is 0.407 e. The second-order valence-corrected chi connectivity index (χ2v) is 11.6. The zero-order valence-corrected chi connectivity index (χ0v) is 25.8. The minimum Gasteiger partial charge on any atom is -0.461 e. The predicted molar refractivity (Wildman–Crippen MR) is 170 cm³/mol. The average Bonchev–Trinajstić information content (AvgIpc) is 2.98. The van der Waals surface area contributed by atoms with Crippen molar-refractivity contribution in [3.63, 3.8) is 0 Å². The summed E-state index contributed by atoms with van der Waals surface area (Å²) in [5.74, 6) is -0.889. The Kier molecular flexibility index (Phi) is 13.4. The first-order chi connectivity index (χ1) is 21.1. The van der Waals surface area contributed by atoms with E-state index in [9.17, 15) is 19.2 Å². The molecule has 0 aliphatic rings. The SMILES string of the molecule is CC(C)(C)OC(=O)NCCCCCC(=O)N[C@@H](Cc1ccccc1)C(=O)Nc1ccc(CC(=O)OCc2ccccc2)cc1. The van der Waals surface area contributed by atoms with E-state index < -0.39 is 17.7 Å². The monoisotopic (exact) mass is 601 g/mol. The number of esters is 1. The number of carbonyl (C=O) groups is 4. The molecular formula is C35H43N3O6. The van der Waals surface area contributed by atoms with Crippen LogP contribution < -0.4 is 16.0 Å². The number of anilines is 1. The van der Waals surface area contributed by atoms with E-state index in [2.05, 4.69) is 16.0 Å².